The van der Waals surface area contributed by atoms with Crippen LogP contribution in [-0.4, -0.2) is 15.0 Å². The number of pyridine rings is 3. The predicted octanol–water partition coefficient (Wildman–Crippen LogP) is 8.21. The summed E-state index contributed by atoms with van der Waals surface area (Å²) in [6.07, 6.45) is 3.70. The molecule has 0 saturated heterocycles. The van der Waals surface area contributed by atoms with Crippen molar-refractivity contribution in [1.29, 1.82) is 0 Å². The Morgan fingerprint density at radius 3 is 1.08 bits per heavy atom. The Balaban J connectivity index is 1.50. The molecule has 3 nitrogen and oxygen atoms in total. The highest BCUT2D eigenvalue weighted by Crippen LogP contribution is 2.31. The van der Waals surface area contributed by atoms with Crippen molar-refractivity contribution >= 4 is 0 Å². The van der Waals surface area contributed by atoms with Crippen LogP contribution in [0.2, 0.25) is 0 Å². The van der Waals surface area contributed by atoms with Crippen LogP contribution in [0.5, 0.6) is 0 Å². The minimum Gasteiger partial charge on any atom is -0.255 e. The molecule has 3 aromatic heterocycles. The summed E-state index contributed by atoms with van der Waals surface area (Å²) >= 11 is 0. The quantitative estimate of drug-likeness (QED) is 0.260. The summed E-state index contributed by atoms with van der Waals surface area (Å²) in [5.74, 6) is 0. The van der Waals surface area contributed by atoms with E-state index in [1.165, 1.54) is 0 Å². The summed E-state index contributed by atoms with van der Waals surface area (Å²) in [5.41, 5.74) is 10.0. The summed E-state index contributed by atoms with van der Waals surface area (Å²) in [6, 6.07) is 43.5. The molecule has 6 rings (SSSR count). The molecule has 0 aliphatic heterocycles. The van der Waals surface area contributed by atoms with E-state index in [1.54, 1.807) is 0 Å². The van der Waals surface area contributed by atoms with Gasteiger partial charge in [0.25, 0.3) is 0 Å². The maximum atomic E-state index is 5.04. The van der Waals surface area contributed by atoms with E-state index in [9.17, 15) is 0 Å². The van der Waals surface area contributed by atoms with Crippen LogP contribution < -0.4 is 0 Å². The highest BCUT2D eigenvalue weighted by molar-refractivity contribution is 5.78. The molecule has 3 heteroatoms. The van der Waals surface area contributed by atoms with Crippen LogP contribution in [0.25, 0.3) is 56.2 Å². The first-order valence-electron chi connectivity index (χ1n) is 11.9. The molecule has 3 aromatic carbocycles. The third kappa shape index (κ3) is 4.55. The molecule has 0 amide bonds. The summed E-state index contributed by atoms with van der Waals surface area (Å²) in [4.78, 5) is 14.4. The van der Waals surface area contributed by atoms with E-state index in [1.807, 2.05) is 67.0 Å². The first kappa shape index (κ1) is 21.6. The van der Waals surface area contributed by atoms with Crippen LogP contribution in [0.4, 0.5) is 0 Å². The second-order valence-corrected chi connectivity index (χ2v) is 8.58. The normalized spacial score (nSPS) is 10.8. The van der Waals surface area contributed by atoms with Crippen LogP contribution in [-0.2, 0) is 0 Å². The van der Waals surface area contributed by atoms with Gasteiger partial charge < -0.3 is 0 Å². The van der Waals surface area contributed by atoms with Gasteiger partial charge in [0.1, 0.15) is 0 Å². The minimum atomic E-state index is 0.816. The maximum absolute atomic E-state index is 5.04. The van der Waals surface area contributed by atoms with Gasteiger partial charge in [0.15, 0.2) is 0 Å². The topological polar surface area (TPSA) is 38.7 Å². The number of rotatable bonds is 5. The van der Waals surface area contributed by atoms with Gasteiger partial charge in [-0.05, 0) is 69.8 Å². The summed E-state index contributed by atoms with van der Waals surface area (Å²) in [7, 11) is 0. The Kier molecular flexibility index (Phi) is 5.87. The van der Waals surface area contributed by atoms with Gasteiger partial charge in [0.05, 0.1) is 22.8 Å². The number of aromatic nitrogens is 3. The number of nitrogens with zero attached hydrogens (tertiary/aromatic N) is 3. The molecule has 0 saturated carbocycles. The fraction of sp³-hybridized carbons (Fsp3) is 0. The van der Waals surface area contributed by atoms with Gasteiger partial charge in [-0.3, -0.25) is 9.97 Å². The SMILES string of the molecule is c1ccc(-c2ccnc(-c3cc(-c4ccccc4)cc(-c4cc(-c5ccccc5)ccn4)n3)c2)cc1. The molecule has 0 fully saturated rings. The van der Waals surface area contributed by atoms with Crippen molar-refractivity contribution < 1.29 is 0 Å². The van der Waals surface area contributed by atoms with Crippen molar-refractivity contribution in [2.75, 3.05) is 0 Å². The standard InChI is InChI=1S/C33H23N3/c1-4-10-24(11-5-1)27-16-18-34-30(20-27)32-22-29(26-14-8-3-9-15-26)23-33(36-32)31-21-28(17-19-35-31)25-12-6-2-7-13-25/h1-23H. The van der Waals surface area contributed by atoms with E-state index in [-0.39, 0.29) is 0 Å². The van der Waals surface area contributed by atoms with E-state index < -0.39 is 0 Å². The van der Waals surface area contributed by atoms with E-state index >= 15 is 0 Å². The van der Waals surface area contributed by atoms with Crippen LogP contribution in [0.1, 0.15) is 0 Å². The average molecular weight is 462 g/mol. The zero-order valence-electron chi connectivity index (χ0n) is 19.6. The van der Waals surface area contributed by atoms with Crippen molar-refractivity contribution in [3.63, 3.8) is 0 Å². The monoisotopic (exact) mass is 461 g/mol. The zero-order chi connectivity index (χ0) is 24.2. The third-order valence-electron chi connectivity index (χ3n) is 6.19. The van der Waals surface area contributed by atoms with Crippen LogP contribution in [0.3, 0.4) is 0 Å². The molecule has 0 bridgehead atoms. The molecule has 0 aliphatic rings. The van der Waals surface area contributed by atoms with Crippen molar-refractivity contribution in [3.8, 4) is 56.2 Å². The molecule has 170 valence electrons. The first-order chi connectivity index (χ1) is 17.8. The van der Waals surface area contributed by atoms with Crippen molar-refractivity contribution in [2.45, 2.75) is 0 Å². The molecule has 6 aromatic rings. The van der Waals surface area contributed by atoms with Gasteiger partial charge in [0.2, 0.25) is 0 Å². The summed E-state index contributed by atoms with van der Waals surface area (Å²) < 4.78 is 0. The largest absolute Gasteiger partial charge is 0.255 e. The average Bonchev–Trinajstić information content (AvgIpc) is 2.98. The second kappa shape index (κ2) is 9.77. The Bertz CT molecular complexity index is 1510. The molecular formula is C33H23N3. The van der Waals surface area contributed by atoms with E-state index in [0.29, 0.717) is 0 Å². The Morgan fingerprint density at radius 2 is 0.667 bits per heavy atom. The Morgan fingerprint density at radius 1 is 0.306 bits per heavy atom. The highest BCUT2D eigenvalue weighted by atomic mass is 14.8. The van der Waals surface area contributed by atoms with E-state index in [0.717, 1.165) is 56.2 Å². The van der Waals surface area contributed by atoms with Crippen molar-refractivity contribution in [2.24, 2.45) is 0 Å². The highest BCUT2D eigenvalue weighted by Gasteiger charge is 2.12. The maximum Gasteiger partial charge on any atom is 0.0900 e. The zero-order valence-corrected chi connectivity index (χ0v) is 19.6. The predicted molar refractivity (Wildman–Crippen MR) is 147 cm³/mol. The van der Waals surface area contributed by atoms with Crippen LogP contribution in [0, 0.1) is 0 Å². The van der Waals surface area contributed by atoms with Gasteiger partial charge in [-0.2, -0.15) is 0 Å². The minimum absolute atomic E-state index is 0.816. The smallest absolute Gasteiger partial charge is 0.0900 e. The van der Waals surface area contributed by atoms with E-state index in [2.05, 4.69) is 82.8 Å². The number of benzene rings is 3. The van der Waals surface area contributed by atoms with Gasteiger partial charge in [-0.25, -0.2) is 4.98 Å². The van der Waals surface area contributed by atoms with Crippen molar-refractivity contribution in [3.05, 3.63) is 140 Å². The molecule has 0 spiro atoms. The second-order valence-electron chi connectivity index (χ2n) is 8.58. The fourth-order valence-corrected chi connectivity index (χ4v) is 4.35. The number of hydrogen-bond donors (Lipinski definition) is 0. The molecule has 0 radical (unpaired) electrons. The van der Waals surface area contributed by atoms with Crippen LogP contribution in [0.15, 0.2) is 140 Å². The lowest BCUT2D eigenvalue weighted by Gasteiger charge is -2.11. The van der Waals surface area contributed by atoms with E-state index in [4.69, 9.17) is 4.98 Å². The summed E-state index contributed by atoms with van der Waals surface area (Å²) in [5, 5.41) is 0. The van der Waals surface area contributed by atoms with Crippen LogP contribution >= 0.6 is 0 Å². The number of hydrogen-bond acceptors (Lipinski definition) is 3. The molecule has 0 N–H and O–H groups in total. The lowest BCUT2D eigenvalue weighted by molar-refractivity contribution is 1.22. The van der Waals surface area contributed by atoms with Gasteiger partial charge in [-0.15, -0.1) is 0 Å². The first-order valence-corrected chi connectivity index (χ1v) is 11.9. The van der Waals surface area contributed by atoms with Gasteiger partial charge in [0, 0.05) is 12.4 Å². The molecule has 0 aliphatic carbocycles. The Hall–Kier alpha value is -4.89. The van der Waals surface area contributed by atoms with Crippen molar-refractivity contribution in [1.82, 2.24) is 15.0 Å². The Labute approximate surface area is 210 Å². The summed E-state index contributed by atoms with van der Waals surface area (Å²) in [6.45, 7) is 0. The lowest BCUT2D eigenvalue weighted by atomic mass is 10.0. The van der Waals surface area contributed by atoms with Gasteiger partial charge >= 0.3 is 0 Å². The molecular weight excluding hydrogens is 438 g/mol. The fourth-order valence-electron chi connectivity index (χ4n) is 4.35. The lowest BCUT2D eigenvalue weighted by Crippen LogP contribution is -1.95. The van der Waals surface area contributed by atoms with Gasteiger partial charge in [-0.1, -0.05) is 91.0 Å². The molecule has 36 heavy (non-hydrogen) atoms. The molecule has 0 unspecified atom stereocenters. The molecule has 3 heterocycles. The third-order valence-corrected chi connectivity index (χ3v) is 6.19. The molecule has 0 atom stereocenters.